The molecule has 2 aromatic rings. The van der Waals surface area contributed by atoms with Crippen LogP contribution in [0, 0.1) is 35.5 Å². The third-order valence-electron chi connectivity index (χ3n) is 9.88. The molecule has 7 heteroatoms. The molecule has 0 radical (unpaired) electrons. The van der Waals surface area contributed by atoms with E-state index in [0.717, 1.165) is 66.4 Å². The molecule has 4 bridgehead atoms. The zero-order valence-corrected chi connectivity index (χ0v) is 26.7. The number of carbonyl (C=O) groups is 1. The molecule has 214 valence electrons. The molecule has 1 aromatic carbocycles. The van der Waals surface area contributed by atoms with Crippen molar-refractivity contribution in [3.05, 3.63) is 50.7 Å². The second kappa shape index (κ2) is 12.2. The molecule has 8 rings (SSSR count). The summed E-state index contributed by atoms with van der Waals surface area (Å²) < 4.78 is 0.746. The molecule has 2 saturated heterocycles. The molecule has 2 aliphatic heterocycles. The number of carbonyl (C=O) groups excluding carboxylic acids is 1. The first kappa shape index (κ1) is 28.2. The van der Waals surface area contributed by atoms with Gasteiger partial charge in [0.25, 0.3) is 5.91 Å². The number of thioether (sulfide) groups is 1. The predicted octanol–water partition coefficient (Wildman–Crippen LogP) is 8.71. The van der Waals surface area contributed by atoms with Crippen LogP contribution in [-0.2, 0) is 4.79 Å². The number of piperidine rings is 1. The van der Waals surface area contributed by atoms with Gasteiger partial charge < -0.3 is 4.90 Å². The number of rotatable bonds is 6. The molecule has 6 fully saturated rings. The van der Waals surface area contributed by atoms with E-state index in [0.29, 0.717) is 17.9 Å². The predicted molar refractivity (Wildman–Crippen MR) is 177 cm³/mol. The largest absolute Gasteiger partial charge is 0.303 e. The molecular formula is C34H37ClN2OS3. The van der Waals surface area contributed by atoms with E-state index in [2.05, 4.69) is 34.9 Å². The molecule has 0 N–H and O–H groups in total. The van der Waals surface area contributed by atoms with E-state index >= 15 is 0 Å². The summed E-state index contributed by atoms with van der Waals surface area (Å²) in [6, 6.07) is 10.4. The standard InChI is InChI=1S/C34H37ClN2OS3/c35-28-10-7-9-24(19-28)29-20-25(8-3-1-4-11-36-12-5-2-6-13-36)30(40-29)21-31-33(38)37(34(39)41-31)32-26-15-22-14-23(17-26)18-27(32)16-22/h7,9-10,19-23,26-27,32H,1-2,4-6,11-18H2/b31-21-. The number of nitrogens with zero attached hydrogens (tertiary/aromatic N) is 2. The van der Waals surface area contributed by atoms with Gasteiger partial charge in [-0.3, -0.25) is 9.69 Å². The van der Waals surface area contributed by atoms with Crippen LogP contribution in [0.4, 0.5) is 0 Å². The first-order valence-corrected chi connectivity index (χ1v) is 17.8. The fourth-order valence-electron chi connectivity index (χ4n) is 8.30. The summed E-state index contributed by atoms with van der Waals surface area (Å²) in [5.74, 6) is 10.0. The lowest BCUT2D eigenvalue weighted by atomic mass is 9.54. The minimum absolute atomic E-state index is 0.107. The van der Waals surface area contributed by atoms with Crippen LogP contribution in [-0.4, -0.2) is 45.7 Å². The second-order valence-electron chi connectivity index (χ2n) is 12.7. The van der Waals surface area contributed by atoms with Crippen molar-refractivity contribution in [2.24, 2.45) is 23.7 Å². The Bertz CT molecular complexity index is 1400. The number of hydrogen-bond donors (Lipinski definition) is 0. The minimum atomic E-state index is 0.107. The van der Waals surface area contributed by atoms with Gasteiger partial charge in [0.2, 0.25) is 0 Å². The van der Waals surface area contributed by atoms with Crippen molar-refractivity contribution in [3.8, 4) is 22.3 Å². The number of thiophene rings is 1. The van der Waals surface area contributed by atoms with Gasteiger partial charge in [-0.1, -0.05) is 66.0 Å². The van der Waals surface area contributed by atoms with Crippen LogP contribution in [0.3, 0.4) is 0 Å². The van der Waals surface area contributed by atoms with Crippen LogP contribution >= 0.6 is 46.9 Å². The van der Waals surface area contributed by atoms with Gasteiger partial charge in [-0.25, -0.2) is 0 Å². The molecule has 3 nitrogen and oxygen atoms in total. The van der Waals surface area contributed by atoms with Gasteiger partial charge in [-0.2, -0.15) is 0 Å². The molecule has 4 aliphatic carbocycles. The number of unbranched alkanes of at least 4 members (excludes halogenated alkanes) is 1. The molecule has 4 saturated carbocycles. The average molecular weight is 621 g/mol. The van der Waals surface area contributed by atoms with Gasteiger partial charge >= 0.3 is 0 Å². The van der Waals surface area contributed by atoms with Gasteiger partial charge in [0.15, 0.2) is 0 Å². The number of thiocarbonyl (C=S) groups is 1. The fourth-order valence-corrected chi connectivity index (χ4v) is 10.9. The van der Waals surface area contributed by atoms with Crippen molar-refractivity contribution in [2.75, 3.05) is 19.6 Å². The van der Waals surface area contributed by atoms with E-state index in [9.17, 15) is 4.79 Å². The summed E-state index contributed by atoms with van der Waals surface area (Å²) in [4.78, 5) is 21.4. The average Bonchev–Trinajstić information content (AvgIpc) is 3.48. The first-order chi connectivity index (χ1) is 20.0. The highest BCUT2D eigenvalue weighted by Crippen LogP contribution is 2.56. The van der Waals surface area contributed by atoms with Crippen LogP contribution < -0.4 is 0 Å². The minimum Gasteiger partial charge on any atom is -0.303 e. The highest BCUT2D eigenvalue weighted by atomic mass is 35.5. The molecule has 0 atom stereocenters. The Morgan fingerprint density at radius 3 is 2.51 bits per heavy atom. The highest BCUT2D eigenvalue weighted by Gasteiger charge is 2.53. The monoisotopic (exact) mass is 620 g/mol. The summed E-state index contributed by atoms with van der Waals surface area (Å²) in [7, 11) is 0. The van der Waals surface area contributed by atoms with Gasteiger partial charge in [0.1, 0.15) is 4.32 Å². The molecule has 6 aliphatic rings. The summed E-state index contributed by atoms with van der Waals surface area (Å²) in [6.45, 7) is 3.59. The van der Waals surface area contributed by atoms with E-state index in [-0.39, 0.29) is 5.91 Å². The van der Waals surface area contributed by atoms with Crippen LogP contribution in [0.25, 0.3) is 16.5 Å². The Kier molecular flexibility index (Phi) is 8.36. The zero-order chi connectivity index (χ0) is 27.9. The maximum atomic E-state index is 13.9. The van der Waals surface area contributed by atoms with Crippen LogP contribution in [0.2, 0.25) is 5.02 Å². The van der Waals surface area contributed by atoms with Crippen LogP contribution in [0.5, 0.6) is 0 Å². The van der Waals surface area contributed by atoms with E-state index < -0.39 is 0 Å². The molecular weight excluding hydrogens is 584 g/mol. The smallest absolute Gasteiger partial charge is 0.266 e. The normalized spacial score (nSPS) is 30.3. The molecule has 1 amide bonds. The van der Waals surface area contributed by atoms with Gasteiger partial charge in [-0.15, -0.1) is 11.3 Å². The Balaban J connectivity index is 1.13. The van der Waals surface area contributed by atoms with Crippen molar-refractivity contribution in [2.45, 2.75) is 70.3 Å². The number of hydrogen-bond acceptors (Lipinski definition) is 5. The van der Waals surface area contributed by atoms with Crippen molar-refractivity contribution < 1.29 is 4.79 Å². The maximum absolute atomic E-state index is 13.9. The third kappa shape index (κ3) is 5.95. The lowest BCUT2D eigenvalue weighted by Crippen LogP contribution is -2.57. The van der Waals surface area contributed by atoms with Gasteiger partial charge in [0.05, 0.1) is 4.91 Å². The lowest BCUT2D eigenvalue weighted by Gasteiger charge is -2.56. The second-order valence-corrected chi connectivity index (χ2v) is 15.9. The third-order valence-corrected chi connectivity index (χ3v) is 12.6. The molecule has 41 heavy (non-hydrogen) atoms. The fraction of sp³-hybridized carbons (Fsp3) is 0.529. The Labute approximate surface area is 263 Å². The number of amides is 1. The van der Waals surface area contributed by atoms with Crippen molar-refractivity contribution in [1.82, 2.24) is 9.80 Å². The zero-order valence-electron chi connectivity index (χ0n) is 23.4. The summed E-state index contributed by atoms with van der Waals surface area (Å²) in [5, 5.41) is 0.722. The molecule has 3 heterocycles. The van der Waals surface area contributed by atoms with E-state index in [1.807, 2.05) is 23.1 Å². The Morgan fingerprint density at radius 2 is 1.78 bits per heavy atom. The van der Waals surface area contributed by atoms with Gasteiger partial charge in [-0.05, 0) is 125 Å². The van der Waals surface area contributed by atoms with Crippen molar-refractivity contribution in [1.29, 1.82) is 0 Å². The quantitative estimate of drug-likeness (QED) is 0.139. The summed E-state index contributed by atoms with van der Waals surface area (Å²) in [6.07, 6.45) is 14.6. The van der Waals surface area contributed by atoms with E-state index in [1.54, 1.807) is 11.3 Å². The Morgan fingerprint density at radius 1 is 1.02 bits per heavy atom. The maximum Gasteiger partial charge on any atom is 0.266 e. The summed E-state index contributed by atoms with van der Waals surface area (Å²) in [5.41, 5.74) is 2.07. The topological polar surface area (TPSA) is 23.6 Å². The molecule has 0 spiro atoms. The number of halogens is 1. The lowest BCUT2D eigenvalue weighted by molar-refractivity contribution is -0.130. The van der Waals surface area contributed by atoms with E-state index in [4.69, 9.17) is 23.8 Å². The molecule has 0 unspecified atom stereocenters. The molecule has 1 aromatic heterocycles. The number of likely N-dealkylation sites (tertiary alicyclic amines) is 1. The van der Waals surface area contributed by atoms with E-state index in [1.165, 1.54) is 76.2 Å². The SMILES string of the molecule is O=C1/C(=C/c2sc(-c3cccc(Cl)c3)cc2C#CCCCN2CCCCC2)SC(=S)N1C1C2CC3CC(C2)CC1C3. The number of benzene rings is 1. The highest BCUT2D eigenvalue weighted by molar-refractivity contribution is 8.26. The first-order valence-electron chi connectivity index (χ1n) is 15.4. The van der Waals surface area contributed by atoms with Crippen LogP contribution in [0.1, 0.15) is 74.6 Å². The van der Waals surface area contributed by atoms with Crippen molar-refractivity contribution in [3.63, 3.8) is 0 Å². The van der Waals surface area contributed by atoms with Crippen molar-refractivity contribution >= 4 is 63.2 Å². The van der Waals surface area contributed by atoms with Gasteiger partial charge in [0, 0.05) is 32.8 Å². The Hall–Kier alpha value is -1.62. The summed E-state index contributed by atoms with van der Waals surface area (Å²) >= 11 is 15.4. The van der Waals surface area contributed by atoms with Crippen LogP contribution in [0.15, 0.2) is 35.2 Å².